The molecule has 3 aromatic rings. The molecule has 7 nitrogen and oxygen atoms in total. The zero-order chi connectivity index (χ0) is 22.4. The van der Waals surface area contributed by atoms with Crippen LogP contribution in [0.2, 0.25) is 10.0 Å². The van der Waals surface area contributed by atoms with Crippen molar-refractivity contribution in [1.29, 1.82) is 0 Å². The number of hydrogen-bond donors (Lipinski definition) is 3. The molecule has 1 fully saturated rings. The molecule has 32 heavy (non-hydrogen) atoms. The normalized spacial score (nSPS) is 24.6. The highest BCUT2D eigenvalue weighted by Crippen LogP contribution is 2.41. The summed E-state index contributed by atoms with van der Waals surface area (Å²) in [6, 6.07) is 15.0. The molecule has 0 amide bonds. The van der Waals surface area contributed by atoms with Gasteiger partial charge in [0.15, 0.2) is 6.23 Å². The van der Waals surface area contributed by atoms with Crippen molar-refractivity contribution >= 4 is 41.0 Å². The minimum absolute atomic E-state index is 0.484. The highest BCUT2D eigenvalue weighted by Gasteiger charge is 2.42. The number of nitrogens with one attached hydrogen (secondary N) is 1. The molecule has 2 aliphatic rings. The van der Waals surface area contributed by atoms with Crippen molar-refractivity contribution in [2.24, 2.45) is 4.99 Å². The lowest BCUT2D eigenvalue weighted by molar-refractivity contribution is -0.0308. The second-order valence-corrected chi connectivity index (χ2v) is 8.84. The van der Waals surface area contributed by atoms with E-state index >= 15 is 0 Å². The molecule has 0 spiro atoms. The predicted octanol–water partition coefficient (Wildman–Crippen LogP) is 4.60. The van der Waals surface area contributed by atoms with Gasteiger partial charge in [-0.15, -0.1) is 0 Å². The number of aliphatic hydroxyl groups is 2. The maximum absolute atomic E-state index is 10.6. The second kappa shape index (κ2) is 8.42. The minimum Gasteiger partial charge on any atom is -0.388 e. The van der Waals surface area contributed by atoms with Gasteiger partial charge in [0.2, 0.25) is 0 Å². The number of hydrazine groups is 1. The topological polar surface area (TPSA) is 82.2 Å². The largest absolute Gasteiger partial charge is 0.388 e. The van der Waals surface area contributed by atoms with Crippen LogP contribution in [0.4, 0.5) is 11.5 Å². The van der Waals surface area contributed by atoms with E-state index in [-0.39, 0.29) is 0 Å². The van der Waals surface area contributed by atoms with Gasteiger partial charge in [0.25, 0.3) is 0 Å². The number of benzene rings is 2. The highest BCUT2D eigenvalue weighted by atomic mass is 35.5. The van der Waals surface area contributed by atoms with E-state index in [9.17, 15) is 10.2 Å². The number of aromatic nitrogens is 1. The lowest BCUT2D eigenvalue weighted by Crippen LogP contribution is -2.31. The van der Waals surface area contributed by atoms with Crippen molar-refractivity contribution in [3.63, 3.8) is 0 Å². The molecular formula is C23H22Cl2N4O3. The smallest absolute Gasteiger partial charge is 0.164 e. The Morgan fingerprint density at radius 2 is 1.66 bits per heavy atom. The molecule has 5 rings (SSSR count). The van der Waals surface area contributed by atoms with Crippen LogP contribution in [0.15, 0.2) is 59.7 Å². The Balaban J connectivity index is 1.52. The van der Waals surface area contributed by atoms with Crippen molar-refractivity contribution in [1.82, 2.24) is 9.58 Å². The molecule has 1 aromatic heterocycles. The lowest BCUT2D eigenvalue weighted by atomic mass is 10.0. The quantitative estimate of drug-likeness (QED) is 0.516. The Morgan fingerprint density at radius 3 is 2.28 bits per heavy atom. The zero-order valence-corrected chi connectivity index (χ0v) is 18.7. The molecule has 3 heterocycles. The highest BCUT2D eigenvalue weighted by molar-refractivity contribution is 6.30. The zero-order valence-electron chi connectivity index (χ0n) is 17.2. The monoisotopic (exact) mass is 472 g/mol. The Bertz CT molecular complexity index is 1150. The number of aliphatic imine (C=N–C) groups is 1. The Hall–Kier alpha value is -2.55. The van der Waals surface area contributed by atoms with Crippen molar-refractivity contribution in [3.05, 3.63) is 70.3 Å². The second-order valence-electron chi connectivity index (χ2n) is 7.96. The summed E-state index contributed by atoms with van der Waals surface area (Å²) in [5.74, 6) is 0.675. The molecule has 1 saturated heterocycles. The molecule has 2 aliphatic heterocycles. The number of aliphatic hydroxyl groups excluding tert-OH is 2. The molecule has 3 N–H and O–H groups in total. The Morgan fingerprint density at radius 1 is 1.00 bits per heavy atom. The Kier molecular flexibility index (Phi) is 5.61. The van der Waals surface area contributed by atoms with Crippen molar-refractivity contribution in [3.8, 4) is 11.1 Å². The van der Waals surface area contributed by atoms with Crippen LogP contribution in [0.3, 0.4) is 0 Å². The summed E-state index contributed by atoms with van der Waals surface area (Å²) >= 11 is 12.1. The van der Waals surface area contributed by atoms with E-state index in [0.717, 1.165) is 22.4 Å². The molecular weight excluding hydrogens is 451 g/mol. The van der Waals surface area contributed by atoms with Gasteiger partial charge in [-0.05, 0) is 48.9 Å². The summed E-state index contributed by atoms with van der Waals surface area (Å²) in [6.45, 7) is 2.26. The van der Waals surface area contributed by atoms with E-state index < -0.39 is 24.5 Å². The van der Waals surface area contributed by atoms with Crippen LogP contribution in [0.25, 0.3) is 11.1 Å². The number of fused-ring (bicyclic) bond motifs is 1. The molecule has 0 bridgehead atoms. The van der Waals surface area contributed by atoms with Crippen LogP contribution in [0, 0.1) is 0 Å². The first-order valence-corrected chi connectivity index (χ1v) is 11.0. The number of rotatable bonds is 4. The average Bonchev–Trinajstić information content (AvgIpc) is 3.28. The van der Waals surface area contributed by atoms with Gasteiger partial charge in [-0.25, -0.2) is 4.99 Å². The third-order valence-corrected chi connectivity index (χ3v) is 6.28. The fourth-order valence-electron chi connectivity index (χ4n) is 4.08. The summed E-state index contributed by atoms with van der Waals surface area (Å²) in [4.78, 5) is 4.66. The van der Waals surface area contributed by atoms with Gasteiger partial charge in [-0.2, -0.15) is 0 Å². The fraction of sp³-hybridized carbons (Fsp3) is 0.261. The maximum Gasteiger partial charge on any atom is 0.164 e. The summed E-state index contributed by atoms with van der Waals surface area (Å²) in [5.41, 5.74) is 7.06. The van der Waals surface area contributed by atoms with Crippen LogP contribution in [-0.4, -0.2) is 44.4 Å². The molecule has 0 radical (unpaired) electrons. The first kappa shape index (κ1) is 21.3. The van der Waals surface area contributed by atoms with Gasteiger partial charge in [-0.3, -0.25) is 10.4 Å². The molecule has 4 atom stereocenters. The van der Waals surface area contributed by atoms with Crippen molar-refractivity contribution in [2.45, 2.75) is 38.0 Å². The molecule has 0 unspecified atom stereocenters. The van der Waals surface area contributed by atoms with E-state index in [1.54, 1.807) is 17.8 Å². The first-order chi connectivity index (χ1) is 15.4. The van der Waals surface area contributed by atoms with Gasteiger partial charge in [0.1, 0.15) is 24.4 Å². The van der Waals surface area contributed by atoms with Gasteiger partial charge in [0.05, 0.1) is 18.3 Å². The Labute approximate surface area is 195 Å². The van der Waals surface area contributed by atoms with Crippen LogP contribution >= 0.6 is 23.2 Å². The van der Waals surface area contributed by atoms with E-state index in [1.807, 2.05) is 59.7 Å². The number of hydrogen-bond acceptors (Lipinski definition) is 6. The van der Waals surface area contributed by atoms with E-state index in [2.05, 4.69) is 10.4 Å². The molecule has 2 aromatic carbocycles. The molecule has 0 aliphatic carbocycles. The van der Waals surface area contributed by atoms with Crippen molar-refractivity contribution < 1.29 is 14.9 Å². The first-order valence-electron chi connectivity index (χ1n) is 10.2. The number of halogens is 2. The van der Waals surface area contributed by atoms with E-state index in [0.29, 0.717) is 22.4 Å². The summed E-state index contributed by atoms with van der Waals surface area (Å²) < 4.78 is 7.66. The number of anilines is 1. The predicted molar refractivity (Wildman–Crippen MR) is 125 cm³/mol. The van der Waals surface area contributed by atoms with Gasteiger partial charge in [-0.1, -0.05) is 35.3 Å². The van der Waals surface area contributed by atoms with Gasteiger partial charge in [0, 0.05) is 27.4 Å². The minimum atomic E-state index is -1.06. The van der Waals surface area contributed by atoms with Gasteiger partial charge >= 0.3 is 0 Å². The molecule has 9 heteroatoms. The van der Waals surface area contributed by atoms with Crippen LogP contribution in [-0.2, 0) is 11.3 Å². The standard InChI is InChI=1S/C23H22Cl2N4O3/c1-13-20(30)21(31)23(32-13)29-11-18(14-2-4-15(24)5-3-14)19-10-28(12-26-22(19)29)27-17-8-6-16(25)7-9-17/h2-9,11-13,20-21,23,27,30-31H,10H2,1H3/t13-,20-,21-,23-/m1/s1. The average molecular weight is 473 g/mol. The van der Waals surface area contributed by atoms with Crippen LogP contribution in [0.5, 0.6) is 0 Å². The van der Waals surface area contributed by atoms with Crippen LogP contribution in [0.1, 0.15) is 18.7 Å². The number of nitrogens with zero attached hydrogens (tertiary/aromatic N) is 3. The lowest BCUT2D eigenvalue weighted by Gasteiger charge is -2.26. The molecule has 166 valence electrons. The van der Waals surface area contributed by atoms with E-state index in [1.165, 1.54) is 0 Å². The summed E-state index contributed by atoms with van der Waals surface area (Å²) in [7, 11) is 0. The molecule has 0 saturated carbocycles. The number of ether oxygens (including phenoxy) is 1. The van der Waals surface area contributed by atoms with Crippen molar-refractivity contribution in [2.75, 3.05) is 5.43 Å². The fourth-order valence-corrected chi connectivity index (χ4v) is 4.33. The van der Waals surface area contributed by atoms with Crippen LogP contribution < -0.4 is 5.43 Å². The van der Waals surface area contributed by atoms with E-state index in [4.69, 9.17) is 27.9 Å². The van der Waals surface area contributed by atoms with Gasteiger partial charge < -0.3 is 19.5 Å². The third-order valence-electron chi connectivity index (χ3n) is 5.78. The third kappa shape index (κ3) is 3.87. The SMILES string of the molecule is C[C@H]1O[C@@H](n2cc(-c3ccc(Cl)cc3)c3c2N=CN(Nc2ccc(Cl)cc2)C3)[C@H](O)[C@@H]1O. The maximum atomic E-state index is 10.6. The summed E-state index contributed by atoms with van der Waals surface area (Å²) in [5, 5.41) is 24.0. The summed E-state index contributed by atoms with van der Waals surface area (Å²) in [6.07, 6.45) is 0.369.